The number of anilines is 1. The average molecular weight is 334 g/mol. The van der Waals surface area contributed by atoms with Crippen molar-refractivity contribution in [3.8, 4) is 0 Å². The number of aliphatic imine (C=N–C) groups is 1. The summed E-state index contributed by atoms with van der Waals surface area (Å²) in [5, 5.41) is 6.85. The van der Waals surface area contributed by atoms with E-state index in [1.165, 1.54) is 6.42 Å². The highest BCUT2D eigenvalue weighted by molar-refractivity contribution is 5.80. The lowest BCUT2D eigenvalue weighted by molar-refractivity contribution is 0.346. The molecule has 1 unspecified atom stereocenters. The third-order valence-corrected chi connectivity index (χ3v) is 3.75. The van der Waals surface area contributed by atoms with Gasteiger partial charge in [0, 0.05) is 38.4 Å². The van der Waals surface area contributed by atoms with E-state index in [0.29, 0.717) is 18.0 Å². The molecule has 136 valence electrons. The third-order valence-electron chi connectivity index (χ3n) is 3.75. The van der Waals surface area contributed by atoms with Gasteiger partial charge < -0.3 is 15.5 Å². The molecule has 0 aliphatic carbocycles. The van der Waals surface area contributed by atoms with Crippen molar-refractivity contribution in [1.82, 2.24) is 15.6 Å². The van der Waals surface area contributed by atoms with Crippen LogP contribution in [0.2, 0.25) is 0 Å². The maximum absolute atomic E-state index is 4.74. The third kappa shape index (κ3) is 7.66. The molecule has 5 heteroatoms. The van der Waals surface area contributed by atoms with Crippen LogP contribution in [0.15, 0.2) is 23.3 Å². The van der Waals surface area contributed by atoms with Crippen LogP contribution in [0.3, 0.4) is 0 Å². The fourth-order valence-corrected chi connectivity index (χ4v) is 2.40. The zero-order chi connectivity index (χ0) is 18.2. The first kappa shape index (κ1) is 20.3. The van der Waals surface area contributed by atoms with Crippen molar-refractivity contribution in [2.75, 3.05) is 25.5 Å². The quantitative estimate of drug-likeness (QED) is 0.593. The number of nitrogens with one attached hydrogen (secondary N) is 2. The Morgan fingerprint density at radius 2 is 2.04 bits per heavy atom. The smallest absolute Gasteiger partial charge is 0.191 e. The van der Waals surface area contributed by atoms with Crippen molar-refractivity contribution in [1.29, 1.82) is 0 Å². The standard InChI is InChI=1S/C19H35N5/c1-8-20-18(23-15(2)11-12-19(3,4)5)22-14-16-10-9-13-21-17(16)24(6)7/h9-10,13,15H,8,11-12,14H2,1-7H3,(H2,20,22,23). The molecule has 5 nitrogen and oxygen atoms in total. The Morgan fingerprint density at radius 1 is 1.33 bits per heavy atom. The van der Waals surface area contributed by atoms with Crippen molar-refractivity contribution in [2.24, 2.45) is 10.4 Å². The van der Waals surface area contributed by atoms with E-state index in [0.717, 1.165) is 30.3 Å². The highest BCUT2D eigenvalue weighted by Gasteiger charge is 2.13. The predicted octanol–water partition coefficient (Wildman–Crippen LogP) is 3.42. The van der Waals surface area contributed by atoms with Crippen molar-refractivity contribution in [2.45, 2.75) is 60.0 Å². The number of guanidine groups is 1. The van der Waals surface area contributed by atoms with Crippen molar-refractivity contribution < 1.29 is 0 Å². The van der Waals surface area contributed by atoms with E-state index in [1.54, 1.807) is 0 Å². The summed E-state index contributed by atoms with van der Waals surface area (Å²) in [6, 6.07) is 4.44. The van der Waals surface area contributed by atoms with E-state index in [9.17, 15) is 0 Å². The van der Waals surface area contributed by atoms with Gasteiger partial charge in [0.05, 0.1) is 6.54 Å². The summed E-state index contributed by atoms with van der Waals surface area (Å²) in [7, 11) is 4.02. The van der Waals surface area contributed by atoms with Gasteiger partial charge in [0.2, 0.25) is 0 Å². The zero-order valence-corrected chi connectivity index (χ0v) is 16.5. The lowest BCUT2D eigenvalue weighted by Gasteiger charge is -2.23. The zero-order valence-electron chi connectivity index (χ0n) is 16.5. The predicted molar refractivity (Wildman–Crippen MR) is 105 cm³/mol. The molecule has 0 radical (unpaired) electrons. The molecule has 0 aliphatic heterocycles. The first-order valence-corrected chi connectivity index (χ1v) is 8.89. The van der Waals surface area contributed by atoms with Gasteiger partial charge in [-0.25, -0.2) is 9.98 Å². The Balaban J connectivity index is 2.72. The lowest BCUT2D eigenvalue weighted by atomic mass is 9.89. The van der Waals surface area contributed by atoms with Crippen LogP contribution < -0.4 is 15.5 Å². The molecule has 24 heavy (non-hydrogen) atoms. The highest BCUT2D eigenvalue weighted by atomic mass is 15.2. The second kappa shape index (κ2) is 9.50. The Kier molecular flexibility index (Phi) is 8.02. The van der Waals surface area contributed by atoms with Crippen molar-refractivity contribution >= 4 is 11.8 Å². The van der Waals surface area contributed by atoms with Crippen LogP contribution in [0.1, 0.15) is 53.0 Å². The highest BCUT2D eigenvalue weighted by Crippen LogP contribution is 2.21. The molecule has 1 rings (SSSR count). The van der Waals surface area contributed by atoms with Gasteiger partial charge in [0.15, 0.2) is 5.96 Å². The van der Waals surface area contributed by atoms with Gasteiger partial charge in [-0.1, -0.05) is 26.8 Å². The number of aromatic nitrogens is 1. The molecule has 1 atom stereocenters. The van der Waals surface area contributed by atoms with E-state index < -0.39 is 0 Å². The number of hydrogen-bond donors (Lipinski definition) is 2. The maximum atomic E-state index is 4.74. The number of pyridine rings is 1. The van der Waals surface area contributed by atoms with Gasteiger partial charge in [-0.05, 0) is 38.2 Å². The van der Waals surface area contributed by atoms with Gasteiger partial charge in [-0.15, -0.1) is 0 Å². The molecule has 1 aromatic heterocycles. The minimum atomic E-state index is 0.363. The lowest BCUT2D eigenvalue weighted by Crippen LogP contribution is -2.42. The number of hydrogen-bond acceptors (Lipinski definition) is 3. The molecule has 0 spiro atoms. The molecule has 0 fully saturated rings. The topological polar surface area (TPSA) is 52.6 Å². The second-order valence-corrected chi connectivity index (χ2v) is 7.72. The van der Waals surface area contributed by atoms with Crippen LogP contribution in [0.4, 0.5) is 5.82 Å². The van der Waals surface area contributed by atoms with Gasteiger partial charge in [0.1, 0.15) is 5.82 Å². The summed E-state index contributed by atoms with van der Waals surface area (Å²) in [5.74, 6) is 1.84. The molecule has 1 heterocycles. The first-order chi connectivity index (χ1) is 11.2. The Labute approximate surface area is 148 Å². The van der Waals surface area contributed by atoms with Crippen LogP contribution in [-0.4, -0.2) is 37.6 Å². The first-order valence-electron chi connectivity index (χ1n) is 8.89. The Hall–Kier alpha value is -1.78. The summed E-state index contributed by atoms with van der Waals surface area (Å²) in [5.41, 5.74) is 1.49. The molecule has 0 bridgehead atoms. The largest absolute Gasteiger partial charge is 0.362 e. The summed E-state index contributed by atoms with van der Waals surface area (Å²) in [6.45, 7) is 12.6. The van der Waals surface area contributed by atoms with Crippen LogP contribution in [0.25, 0.3) is 0 Å². The number of rotatable bonds is 7. The summed E-state index contributed by atoms with van der Waals surface area (Å²) >= 11 is 0. The molecule has 0 aromatic carbocycles. The second-order valence-electron chi connectivity index (χ2n) is 7.72. The summed E-state index contributed by atoms with van der Waals surface area (Å²) < 4.78 is 0. The molecule has 0 saturated carbocycles. The van der Waals surface area contributed by atoms with Crippen molar-refractivity contribution in [3.05, 3.63) is 23.9 Å². The number of nitrogens with zero attached hydrogens (tertiary/aromatic N) is 3. The Morgan fingerprint density at radius 3 is 2.62 bits per heavy atom. The van der Waals surface area contributed by atoms with Gasteiger partial charge in [-0.2, -0.15) is 0 Å². The summed E-state index contributed by atoms with van der Waals surface area (Å²) in [4.78, 5) is 11.2. The van der Waals surface area contributed by atoms with E-state index in [2.05, 4.69) is 56.3 Å². The monoisotopic (exact) mass is 333 g/mol. The normalized spacial score (nSPS) is 13.5. The molecular weight excluding hydrogens is 298 g/mol. The molecule has 0 aliphatic rings. The van der Waals surface area contributed by atoms with Crippen LogP contribution >= 0.6 is 0 Å². The van der Waals surface area contributed by atoms with Crippen molar-refractivity contribution in [3.63, 3.8) is 0 Å². The maximum Gasteiger partial charge on any atom is 0.191 e. The van der Waals surface area contributed by atoms with E-state index in [-0.39, 0.29) is 0 Å². The van der Waals surface area contributed by atoms with Gasteiger partial charge in [0.25, 0.3) is 0 Å². The fourth-order valence-electron chi connectivity index (χ4n) is 2.40. The molecule has 0 amide bonds. The van der Waals surface area contributed by atoms with E-state index in [4.69, 9.17) is 4.99 Å². The van der Waals surface area contributed by atoms with Crippen LogP contribution in [-0.2, 0) is 6.54 Å². The van der Waals surface area contributed by atoms with Crippen LogP contribution in [0.5, 0.6) is 0 Å². The fraction of sp³-hybridized carbons (Fsp3) is 0.684. The summed E-state index contributed by atoms with van der Waals surface area (Å²) in [6.07, 6.45) is 4.14. The van der Waals surface area contributed by atoms with Gasteiger partial charge in [-0.3, -0.25) is 0 Å². The molecular formula is C19H35N5. The van der Waals surface area contributed by atoms with E-state index >= 15 is 0 Å². The van der Waals surface area contributed by atoms with Gasteiger partial charge >= 0.3 is 0 Å². The molecule has 1 aromatic rings. The van der Waals surface area contributed by atoms with E-state index in [1.807, 2.05) is 31.3 Å². The molecule has 2 N–H and O–H groups in total. The SMILES string of the molecule is CCNC(=NCc1cccnc1N(C)C)NC(C)CCC(C)(C)C. The molecule has 0 saturated heterocycles. The average Bonchev–Trinajstić information content (AvgIpc) is 2.50. The van der Waals surface area contributed by atoms with Crippen LogP contribution in [0, 0.1) is 5.41 Å². The minimum absolute atomic E-state index is 0.363. The Bertz CT molecular complexity index is 517. The minimum Gasteiger partial charge on any atom is -0.362 e.